The van der Waals surface area contributed by atoms with Crippen LogP contribution in [0, 0.1) is 0 Å². The molecule has 1 rings (SSSR count). The van der Waals surface area contributed by atoms with E-state index in [0.717, 1.165) is 13.0 Å². The van der Waals surface area contributed by atoms with E-state index in [1.54, 1.807) is 6.20 Å². The molecule has 0 spiro atoms. The van der Waals surface area contributed by atoms with Crippen LogP contribution in [0.2, 0.25) is 0 Å². The molecule has 3 N–H and O–H groups in total. The zero-order valence-corrected chi connectivity index (χ0v) is 13.3. The predicted octanol–water partition coefficient (Wildman–Crippen LogP) is 0.717. The van der Waals surface area contributed by atoms with E-state index in [0.29, 0.717) is 23.2 Å². The van der Waals surface area contributed by atoms with E-state index in [1.165, 1.54) is 4.68 Å². The highest BCUT2D eigenvalue weighted by Crippen LogP contribution is 2.15. The molecule has 7 heteroatoms. The first kappa shape index (κ1) is 16.1. The van der Waals surface area contributed by atoms with E-state index in [2.05, 4.69) is 26.3 Å². The lowest BCUT2D eigenvalue weighted by atomic mass is 10.2. The second-order valence-corrected chi connectivity index (χ2v) is 5.55. The monoisotopic (exact) mass is 331 g/mol. The molecule has 0 aliphatic heterocycles. The molecule has 0 aromatic carbocycles. The summed E-state index contributed by atoms with van der Waals surface area (Å²) in [5.74, 6) is 0. The lowest BCUT2D eigenvalue weighted by Gasteiger charge is -2.14. The molecule has 0 radical (unpaired) electrons. The summed E-state index contributed by atoms with van der Waals surface area (Å²) in [5, 5.41) is 7.30. The molecule has 0 aliphatic carbocycles. The number of aromatic nitrogens is 2. The summed E-state index contributed by atoms with van der Waals surface area (Å²) in [5.41, 5.74) is 6.39. The van der Waals surface area contributed by atoms with Gasteiger partial charge in [-0.25, -0.2) is 4.68 Å². The maximum absolute atomic E-state index is 12.1. The van der Waals surface area contributed by atoms with E-state index in [4.69, 9.17) is 5.73 Å². The Morgan fingerprint density at radius 1 is 1.58 bits per heavy atom. The average Bonchev–Trinajstić information content (AvgIpc) is 2.38. The second-order valence-electron chi connectivity index (χ2n) is 4.75. The molecule has 0 saturated heterocycles. The number of nitrogens with one attached hydrogen (secondary N) is 1. The highest BCUT2D eigenvalue weighted by Gasteiger charge is 2.09. The van der Waals surface area contributed by atoms with Crippen molar-refractivity contribution in [3.05, 3.63) is 21.0 Å². The molecule has 1 aromatic heterocycles. The van der Waals surface area contributed by atoms with Crippen molar-refractivity contribution in [2.24, 2.45) is 5.73 Å². The van der Waals surface area contributed by atoms with Crippen LogP contribution in [0.4, 0.5) is 5.69 Å². The molecule has 0 amide bonds. The molecule has 1 aromatic rings. The quantitative estimate of drug-likeness (QED) is 0.769. The van der Waals surface area contributed by atoms with Crippen LogP contribution in [-0.2, 0) is 6.54 Å². The molecule has 0 fully saturated rings. The molecule has 0 bridgehead atoms. The molecular formula is C12H22BrN5O. The molecule has 0 aliphatic rings. The van der Waals surface area contributed by atoms with Crippen molar-refractivity contribution in [3.63, 3.8) is 0 Å². The Bertz CT molecular complexity index is 460. The van der Waals surface area contributed by atoms with Crippen molar-refractivity contribution in [2.45, 2.75) is 25.9 Å². The van der Waals surface area contributed by atoms with Crippen LogP contribution in [0.5, 0.6) is 0 Å². The fraction of sp³-hybridized carbons (Fsp3) is 0.667. The number of hydrogen-bond donors (Lipinski definition) is 2. The fourth-order valence-corrected chi connectivity index (χ4v) is 1.87. The normalized spacial score (nSPS) is 12.7. The molecule has 1 unspecified atom stereocenters. The van der Waals surface area contributed by atoms with Crippen molar-refractivity contribution >= 4 is 21.6 Å². The van der Waals surface area contributed by atoms with Gasteiger partial charge in [0.25, 0.3) is 5.56 Å². The Balaban J connectivity index is 2.77. The van der Waals surface area contributed by atoms with E-state index < -0.39 is 0 Å². The standard InChI is InChI=1S/C12H22BrN5O/c1-4-9(14)7-15-10-8-16-18(6-5-17(2)3)12(19)11(10)13/h8-9,15H,4-7,14H2,1-3H3. The summed E-state index contributed by atoms with van der Waals surface area (Å²) in [7, 11) is 3.92. The van der Waals surface area contributed by atoms with Gasteiger partial charge in [0, 0.05) is 19.1 Å². The van der Waals surface area contributed by atoms with Crippen LogP contribution < -0.4 is 16.6 Å². The van der Waals surface area contributed by atoms with Crippen molar-refractivity contribution in [2.75, 3.05) is 32.5 Å². The molecule has 19 heavy (non-hydrogen) atoms. The SMILES string of the molecule is CCC(N)CNc1cnn(CCN(C)C)c(=O)c1Br. The number of anilines is 1. The smallest absolute Gasteiger partial charge is 0.283 e. The maximum atomic E-state index is 12.1. The topological polar surface area (TPSA) is 76.2 Å². The fourth-order valence-electron chi connectivity index (χ4n) is 1.43. The number of halogens is 1. The minimum atomic E-state index is -0.128. The third-order valence-corrected chi connectivity index (χ3v) is 3.59. The van der Waals surface area contributed by atoms with Crippen LogP contribution in [0.25, 0.3) is 0 Å². The summed E-state index contributed by atoms with van der Waals surface area (Å²) < 4.78 is 1.96. The average molecular weight is 332 g/mol. The Kier molecular flexibility index (Phi) is 6.47. The largest absolute Gasteiger partial charge is 0.381 e. The van der Waals surface area contributed by atoms with Gasteiger partial charge in [0.2, 0.25) is 0 Å². The maximum Gasteiger partial charge on any atom is 0.283 e. The molecule has 6 nitrogen and oxygen atoms in total. The highest BCUT2D eigenvalue weighted by molar-refractivity contribution is 9.10. The minimum Gasteiger partial charge on any atom is -0.381 e. The molecule has 1 atom stereocenters. The van der Waals surface area contributed by atoms with Crippen LogP contribution in [0.15, 0.2) is 15.5 Å². The summed E-state index contributed by atoms with van der Waals surface area (Å²) >= 11 is 3.32. The molecule has 108 valence electrons. The molecular weight excluding hydrogens is 310 g/mol. The van der Waals surface area contributed by atoms with Gasteiger partial charge in [-0.05, 0) is 36.4 Å². The molecule has 0 saturated carbocycles. The van der Waals surface area contributed by atoms with Gasteiger partial charge in [-0.3, -0.25) is 4.79 Å². The Labute approximate surface area is 122 Å². The Morgan fingerprint density at radius 2 is 2.26 bits per heavy atom. The van der Waals surface area contributed by atoms with Crippen molar-refractivity contribution in [1.82, 2.24) is 14.7 Å². The van der Waals surface area contributed by atoms with Crippen LogP contribution in [0.3, 0.4) is 0 Å². The Morgan fingerprint density at radius 3 is 2.84 bits per heavy atom. The summed E-state index contributed by atoms with van der Waals surface area (Å²) in [6.07, 6.45) is 2.54. The van der Waals surface area contributed by atoms with E-state index in [-0.39, 0.29) is 11.6 Å². The first-order valence-electron chi connectivity index (χ1n) is 6.35. The zero-order chi connectivity index (χ0) is 14.4. The first-order chi connectivity index (χ1) is 8.95. The lowest BCUT2D eigenvalue weighted by Crippen LogP contribution is -2.31. The third-order valence-electron chi connectivity index (χ3n) is 2.82. The predicted molar refractivity (Wildman–Crippen MR) is 81.5 cm³/mol. The second kappa shape index (κ2) is 7.62. The third kappa shape index (κ3) is 4.93. The highest BCUT2D eigenvalue weighted by atomic mass is 79.9. The lowest BCUT2D eigenvalue weighted by molar-refractivity contribution is 0.367. The van der Waals surface area contributed by atoms with Crippen molar-refractivity contribution in [1.29, 1.82) is 0 Å². The number of likely N-dealkylation sites (N-methyl/N-ethyl adjacent to an activating group) is 1. The first-order valence-corrected chi connectivity index (χ1v) is 7.14. The minimum absolute atomic E-state index is 0.0723. The van der Waals surface area contributed by atoms with Gasteiger partial charge in [0.1, 0.15) is 4.47 Å². The van der Waals surface area contributed by atoms with Gasteiger partial charge >= 0.3 is 0 Å². The van der Waals surface area contributed by atoms with Gasteiger partial charge < -0.3 is 16.0 Å². The zero-order valence-electron chi connectivity index (χ0n) is 11.7. The van der Waals surface area contributed by atoms with Crippen molar-refractivity contribution in [3.8, 4) is 0 Å². The van der Waals surface area contributed by atoms with Gasteiger partial charge in [-0.2, -0.15) is 5.10 Å². The number of hydrogen-bond acceptors (Lipinski definition) is 5. The van der Waals surface area contributed by atoms with E-state index >= 15 is 0 Å². The van der Waals surface area contributed by atoms with Crippen molar-refractivity contribution < 1.29 is 0 Å². The Hall–Kier alpha value is -0.920. The van der Waals surface area contributed by atoms with Crippen LogP contribution >= 0.6 is 15.9 Å². The number of rotatable bonds is 7. The van der Waals surface area contributed by atoms with Gasteiger partial charge in [0.15, 0.2) is 0 Å². The van der Waals surface area contributed by atoms with Crippen LogP contribution in [0.1, 0.15) is 13.3 Å². The van der Waals surface area contributed by atoms with Crippen LogP contribution in [-0.4, -0.2) is 47.9 Å². The number of nitrogens with zero attached hydrogens (tertiary/aromatic N) is 3. The summed E-state index contributed by atoms with van der Waals surface area (Å²) in [4.78, 5) is 14.1. The number of nitrogens with two attached hydrogens (primary N) is 1. The molecule has 1 heterocycles. The van der Waals surface area contributed by atoms with E-state index in [9.17, 15) is 4.79 Å². The van der Waals surface area contributed by atoms with Gasteiger partial charge in [-0.15, -0.1) is 0 Å². The van der Waals surface area contributed by atoms with Gasteiger partial charge in [-0.1, -0.05) is 6.92 Å². The van der Waals surface area contributed by atoms with E-state index in [1.807, 2.05) is 25.9 Å². The van der Waals surface area contributed by atoms with Gasteiger partial charge in [0.05, 0.1) is 18.4 Å². The summed E-state index contributed by atoms with van der Waals surface area (Å²) in [6.45, 7) is 3.99. The summed E-state index contributed by atoms with van der Waals surface area (Å²) in [6, 6.07) is 0.0723.